The number of carbonyl (C=O) groups excluding carboxylic acids is 1. The summed E-state index contributed by atoms with van der Waals surface area (Å²) in [7, 11) is 4.62. The van der Waals surface area contributed by atoms with Crippen LogP contribution in [0.25, 0.3) is 0 Å². The molecule has 1 atom stereocenters. The number of halogens is 5. The number of amides is 1. The van der Waals surface area contributed by atoms with Crippen molar-refractivity contribution in [2.24, 2.45) is 5.41 Å². The summed E-state index contributed by atoms with van der Waals surface area (Å²) in [6.45, 7) is 3.27. The van der Waals surface area contributed by atoms with E-state index in [0.29, 0.717) is 49.1 Å². The Hall–Kier alpha value is -3.49. The SMILES string of the molecule is COc1nc2c(c(N3Cc4c(Cl)c(C(=O)N(C)C)nn4CC4(COC4)C3)n1)COC(c1c(C(F)(F)F)ccc(C)c1F)C2. The molecule has 15 heteroatoms. The maximum Gasteiger partial charge on any atom is 0.416 e. The van der Waals surface area contributed by atoms with E-state index in [1.54, 1.807) is 18.8 Å². The van der Waals surface area contributed by atoms with Crippen LogP contribution in [-0.2, 0) is 41.8 Å². The number of hydrogen-bond acceptors (Lipinski definition) is 8. The first-order valence-corrected chi connectivity index (χ1v) is 13.9. The third-order valence-corrected chi connectivity index (χ3v) is 8.51. The summed E-state index contributed by atoms with van der Waals surface area (Å²) in [5, 5.41) is 4.77. The summed E-state index contributed by atoms with van der Waals surface area (Å²) < 4.78 is 75.6. The predicted molar refractivity (Wildman–Crippen MR) is 146 cm³/mol. The van der Waals surface area contributed by atoms with Crippen LogP contribution in [0.2, 0.25) is 5.02 Å². The molecule has 0 radical (unpaired) electrons. The molecule has 6 rings (SSSR count). The highest BCUT2D eigenvalue weighted by atomic mass is 35.5. The number of methoxy groups -OCH3 is 1. The molecule has 0 saturated carbocycles. The molecule has 3 aliphatic heterocycles. The van der Waals surface area contributed by atoms with Crippen molar-refractivity contribution in [2.45, 2.75) is 45.3 Å². The summed E-state index contributed by atoms with van der Waals surface area (Å²) in [6.07, 6.45) is -6.14. The van der Waals surface area contributed by atoms with Crippen LogP contribution in [0, 0.1) is 18.2 Å². The van der Waals surface area contributed by atoms with Crippen LogP contribution in [0.15, 0.2) is 12.1 Å². The number of carbonyl (C=O) groups is 1. The van der Waals surface area contributed by atoms with E-state index in [0.717, 1.165) is 12.1 Å². The first-order chi connectivity index (χ1) is 20.3. The van der Waals surface area contributed by atoms with Gasteiger partial charge < -0.3 is 24.0 Å². The van der Waals surface area contributed by atoms with Crippen LogP contribution in [-0.4, -0.2) is 71.5 Å². The normalized spacial score (nSPS) is 19.4. The van der Waals surface area contributed by atoms with Crippen LogP contribution in [0.4, 0.5) is 23.4 Å². The maximum atomic E-state index is 15.2. The highest BCUT2D eigenvalue weighted by Crippen LogP contribution is 2.44. The quantitative estimate of drug-likeness (QED) is 0.396. The van der Waals surface area contributed by atoms with E-state index in [4.69, 9.17) is 25.8 Å². The van der Waals surface area contributed by atoms with Gasteiger partial charge in [-0.15, -0.1) is 0 Å². The van der Waals surface area contributed by atoms with E-state index < -0.39 is 29.2 Å². The van der Waals surface area contributed by atoms with E-state index in [1.807, 2.05) is 4.90 Å². The van der Waals surface area contributed by atoms with E-state index in [2.05, 4.69) is 15.1 Å². The van der Waals surface area contributed by atoms with Crippen LogP contribution in [0.5, 0.6) is 6.01 Å². The fourth-order valence-corrected chi connectivity index (χ4v) is 6.15. The maximum absolute atomic E-state index is 15.2. The molecule has 1 saturated heterocycles. The van der Waals surface area contributed by atoms with Crippen LogP contribution >= 0.6 is 11.6 Å². The standard InChI is InChI=1S/C28H29ClF4N6O4/c1-14-5-6-16(28(31,32)33)20(22(14)30)19-7-17-15(9-43-19)24(35-26(34-17)41-4)38-8-18-21(29)23(25(40)37(2)3)36-39(18)11-27(10-38)12-42-13-27/h5-6,19H,7-13H2,1-4H3. The summed E-state index contributed by atoms with van der Waals surface area (Å²) in [5.74, 6) is -0.855. The Labute approximate surface area is 249 Å². The molecule has 230 valence electrons. The molecule has 3 aromatic rings. The van der Waals surface area contributed by atoms with Crippen molar-refractivity contribution in [2.75, 3.05) is 45.9 Å². The molecule has 2 aromatic heterocycles. The first-order valence-electron chi connectivity index (χ1n) is 13.5. The molecule has 1 fully saturated rings. The van der Waals surface area contributed by atoms with E-state index in [-0.39, 0.29) is 53.2 Å². The highest BCUT2D eigenvalue weighted by Gasteiger charge is 2.46. The lowest BCUT2D eigenvalue weighted by Gasteiger charge is -2.43. The second-order valence-electron chi connectivity index (χ2n) is 11.4. The van der Waals surface area contributed by atoms with Crippen LogP contribution in [0.1, 0.15) is 50.2 Å². The number of aryl methyl sites for hydroxylation is 1. The van der Waals surface area contributed by atoms with Gasteiger partial charge in [0.15, 0.2) is 5.69 Å². The molecule has 3 aliphatic rings. The Morgan fingerprint density at radius 3 is 2.58 bits per heavy atom. The fourth-order valence-electron chi connectivity index (χ4n) is 5.87. The van der Waals surface area contributed by atoms with Gasteiger partial charge in [0.2, 0.25) is 0 Å². The number of aromatic nitrogens is 4. The second-order valence-corrected chi connectivity index (χ2v) is 11.8. The summed E-state index contributed by atoms with van der Waals surface area (Å²) >= 11 is 6.73. The molecule has 0 N–H and O–H groups in total. The molecule has 0 bridgehead atoms. The Kier molecular flexibility index (Phi) is 7.29. The average Bonchev–Trinajstić information content (AvgIpc) is 3.12. The van der Waals surface area contributed by atoms with Gasteiger partial charge >= 0.3 is 12.2 Å². The zero-order chi connectivity index (χ0) is 30.8. The molecular formula is C28H29ClF4N6O4. The molecule has 10 nitrogen and oxygen atoms in total. The van der Waals surface area contributed by atoms with Crippen molar-refractivity contribution in [3.8, 4) is 6.01 Å². The fraction of sp³-hybridized carbons (Fsp3) is 0.500. The van der Waals surface area contributed by atoms with Crippen molar-refractivity contribution in [3.05, 3.63) is 62.3 Å². The zero-order valence-electron chi connectivity index (χ0n) is 23.9. The third-order valence-electron chi connectivity index (χ3n) is 8.11. The Bertz CT molecular complexity index is 1610. The van der Waals surface area contributed by atoms with Gasteiger partial charge in [-0.2, -0.15) is 28.2 Å². The van der Waals surface area contributed by atoms with Crippen molar-refractivity contribution < 1.29 is 36.6 Å². The molecular weight excluding hydrogens is 596 g/mol. The number of ether oxygens (including phenoxy) is 3. The topological polar surface area (TPSA) is 94.8 Å². The number of benzene rings is 1. The van der Waals surface area contributed by atoms with Crippen molar-refractivity contribution >= 4 is 23.3 Å². The minimum Gasteiger partial charge on any atom is -0.467 e. The smallest absolute Gasteiger partial charge is 0.416 e. The highest BCUT2D eigenvalue weighted by molar-refractivity contribution is 6.34. The van der Waals surface area contributed by atoms with Gasteiger partial charge in [0.1, 0.15) is 11.6 Å². The summed E-state index contributed by atoms with van der Waals surface area (Å²) in [6, 6.07) is 1.98. The van der Waals surface area contributed by atoms with Crippen molar-refractivity contribution in [1.82, 2.24) is 24.6 Å². The lowest BCUT2D eigenvalue weighted by molar-refractivity contribution is -0.140. The number of alkyl halides is 3. The van der Waals surface area contributed by atoms with Crippen molar-refractivity contribution in [1.29, 1.82) is 0 Å². The molecule has 43 heavy (non-hydrogen) atoms. The van der Waals surface area contributed by atoms with Crippen LogP contribution in [0.3, 0.4) is 0 Å². The lowest BCUT2D eigenvalue weighted by Crippen LogP contribution is -2.52. The largest absolute Gasteiger partial charge is 0.467 e. The number of anilines is 1. The van der Waals surface area contributed by atoms with Crippen molar-refractivity contribution in [3.63, 3.8) is 0 Å². The zero-order valence-corrected chi connectivity index (χ0v) is 24.6. The van der Waals surface area contributed by atoms with E-state index >= 15 is 4.39 Å². The lowest BCUT2D eigenvalue weighted by atomic mass is 9.85. The average molecular weight is 625 g/mol. The molecule has 0 aliphatic carbocycles. The molecule has 1 amide bonds. The monoisotopic (exact) mass is 624 g/mol. The summed E-state index contributed by atoms with van der Waals surface area (Å²) in [4.78, 5) is 25.2. The van der Waals surface area contributed by atoms with Crippen LogP contribution < -0.4 is 9.64 Å². The Morgan fingerprint density at radius 2 is 1.95 bits per heavy atom. The van der Waals surface area contributed by atoms with Gasteiger partial charge in [-0.05, 0) is 18.6 Å². The third kappa shape index (κ3) is 5.08. The second kappa shape index (κ2) is 10.6. The number of fused-ring (bicyclic) bond motifs is 2. The van der Waals surface area contributed by atoms with Gasteiger partial charge in [0, 0.05) is 38.2 Å². The minimum atomic E-state index is -4.78. The molecule has 1 aromatic carbocycles. The summed E-state index contributed by atoms with van der Waals surface area (Å²) in [5.41, 5.74) is -0.255. The number of nitrogens with zero attached hydrogens (tertiary/aromatic N) is 6. The number of rotatable bonds is 4. The Balaban J connectivity index is 1.42. The van der Waals surface area contributed by atoms with E-state index in [9.17, 15) is 18.0 Å². The van der Waals surface area contributed by atoms with Gasteiger partial charge in [-0.3, -0.25) is 9.48 Å². The van der Waals surface area contributed by atoms with Gasteiger partial charge in [-0.1, -0.05) is 17.7 Å². The Morgan fingerprint density at radius 1 is 1.21 bits per heavy atom. The molecule has 1 unspecified atom stereocenters. The molecule has 5 heterocycles. The number of hydrogen-bond donors (Lipinski definition) is 0. The van der Waals surface area contributed by atoms with Gasteiger partial charge in [0.05, 0.1) is 73.5 Å². The first kappa shape index (κ1) is 29.6. The van der Waals surface area contributed by atoms with Gasteiger partial charge in [0.25, 0.3) is 5.91 Å². The minimum absolute atomic E-state index is 0.00129. The molecule has 1 spiro atoms. The predicted octanol–water partition coefficient (Wildman–Crippen LogP) is 4.35. The van der Waals surface area contributed by atoms with Gasteiger partial charge in [-0.25, -0.2) is 4.39 Å². The van der Waals surface area contributed by atoms with E-state index in [1.165, 1.54) is 18.9 Å².